The summed E-state index contributed by atoms with van der Waals surface area (Å²) in [7, 11) is 1.81. The van der Waals surface area contributed by atoms with Crippen molar-refractivity contribution in [3.8, 4) is 6.07 Å². The van der Waals surface area contributed by atoms with E-state index in [0.29, 0.717) is 11.7 Å². The molecule has 2 aromatic rings. The van der Waals surface area contributed by atoms with Gasteiger partial charge in [0, 0.05) is 7.05 Å². The first-order chi connectivity index (χ1) is 7.20. The molecule has 15 heavy (non-hydrogen) atoms. The maximum atomic E-state index is 8.55. The SMILES string of the molecule is Cn1c(Cl)cnc1Cn1cnc(C#N)n1. The van der Waals surface area contributed by atoms with Gasteiger partial charge in [0.15, 0.2) is 0 Å². The molecule has 0 saturated carbocycles. The third kappa shape index (κ3) is 1.82. The molecule has 0 spiro atoms. The molecular formula is C8H7ClN6. The summed E-state index contributed by atoms with van der Waals surface area (Å²) in [5, 5.41) is 13.0. The van der Waals surface area contributed by atoms with E-state index in [9.17, 15) is 0 Å². The topological polar surface area (TPSA) is 72.3 Å². The summed E-state index contributed by atoms with van der Waals surface area (Å²) in [6, 6.07) is 1.86. The van der Waals surface area contributed by atoms with Gasteiger partial charge in [-0.25, -0.2) is 14.6 Å². The number of aromatic nitrogens is 5. The first-order valence-electron chi connectivity index (χ1n) is 4.16. The number of halogens is 1. The molecule has 2 rings (SSSR count). The fraction of sp³-hybridized carbons (Fsp3) is 0.250. The lowest BCUT2D eigenvalue weighted by molar-refractivity contribution is 0.629. The van der Waals surface area contributed by atoms with Crippen LogP contribution in [0.1, 0.15) is 11.6 Å². The number of hydrogen-bond acceptors (Lipinski definition) is 4. The fourth-order valence-corrected chi connectivity index (χ4v) is 1.28. The average molecular weight is 223 g/mol. The summed E-state index contributed by atoms with van der Waals surface area (Å²) in [4.78, 5) is 7.89. The number of rotatable bonds is 2. The van der Waals surface area contributed by atoms with E-state index < -0.39 is 0 Å². The highest BCUT2D eigenvalue weighted by molar-refractivity contribution is 6.29. The maximum Gasteiger partial charge on any atom is 0.252 e. The molecule has 7 heteroatoms. The summed E-state index contributed by atoms with van der Waals surface area (Å²) in [5.41, 5.74) is 0. The minimum Gasteiger partial charge on any atom is -0.321 e. The first kappa shape index (κ1) is 9.68. The fourth-order valence-electron chi connectivity index (χ4n) is 1.14. The predicted molar refractivity (Wildman–Crippen MR) is 52.1 cm³/mol. The van der Waals surface area contributed by atoms with Crippen LogP contribution in [0.5, 0.6) is 0 Å². The Morgan fingerprint density at radius 3 is 2.87 bits per heavy atom. The number of imidazole rings is 1. The van der Waals surface area contributed by atoms with Crippen LogP contribution in [0, 0.1) is 11.3 Å². The lowest BCUT2D eigenvalue weighted by Gasteiger charge is -2.01. The van der Waals surface area contributed by atoms with Gasteiger partial charge in [-0.1, -0.05) is 11.6 Å². The molecule has 2 heterocycles. The molecular weight excluding hydrogens is 216 g/mol. The van der Waals surface area contributed by atoms with Crippen LogP contribution in [0.25, 0.3) is 0 Å². The molecule has 6 nitrogen and oxygen atoms in total. The Morgan fingerprint density at radius 1 is 1.53 bits per heavy atom. The zero-order valence-corrected chi connectivity index (χ0v) is 8.68. The van der Waals surface area contributed by atoms with E-state index in [0.717, 1.165) is 5.82 Å². The largest absolute Gasteiger partial charge is 0.321 e. The summed E-state index contributed by atoms with van der Waals surface area (Å²) in [6.07, 6.45) is 3.06. The van der Waals surface area contributed by atoms with Crippen molar-refractivity contribution >= 4 is 11.6 Å². The second-order valence-electron chi connectivity index (χ2n) is 2.93. The normalized spacial score (nSPS) is 10.2. The van der Waals surface area contributed by atoms with E-state index in [4.69, 9.17) is 16.9 Å². The summed E-state index contributed by atoms with van der Waals surface area (Å²) in [5.74, 6) is 0.907. The Hall–Kier alpha value is -1.87. The molecule has 76 valence electrons. The zero-order chi connectivity index (χ0) is 10.8. The molecule has 0 aliphatic heterocycles. The number of nitriles is 1. The minimum atomic E-state index is 0.148. The maximum absolute atomic E-state index is 8.55. The molecule has 0 atom stereocenters. The van der Waals surface area contributed by atoms with Gasteiger partial charge in [0.25, 0.3) is 5.82 Å². The Morgan fingerprint density at radius 2 is 2.33 bits per heavy atom. The molecule has 0 amide bonds. The van der Waals surface area contributed by atoms with Crippen LogP contribution in [0.4, 0.5) is 0 Å². The third-order valence-electron chi connectivity index (χ3n) is 1.97. The molecule has 0 N–H and O–H groups in total. The average Bonchev–Trinajstić information content (AvgIpc) is 2.80. The molecule has 0 fully saturated rings. The highest BCUT2D eigenvalue weighted by Crippen LogP contribution is 2.09. The Labute approximate surface area is 90.7 Å². The molecule has 0 radical (unpaired) electrons. The smallest absolute Gasteiger partial charge is 0.252 e. The Balaban J connectivity index is 2.22. The quantitative estimate of drug-likeness (QED) is 0.745. The first-order valence-corrected chi connectivity index (χ1v) is 4.54. The van der Waals surface area contributed by atoms with E-state index in [1.54, 1.807) is 10.8 Å². The number of nitrogens with zero attached hydrogens (tertiary/aromatic N) is 6. The Kier molecular flexibility index (Phi) is 2.39. The van der Waals surface area contributed by atoms with Crippen molar-refractivity contribution in [2.45, 2.75) is 6.54 Å². The van der Waals surface area contributed by atoms with Crippen molar-refractivity contribution in [2.24, 2.45) is 7.05 Å². The van der Waals surface area contributed by atoms with E-state index in [1.807, 2.05) is 13.1 Å². The van der Waals surface area contributed by atoms with Gasteiger partial charge in [-0.2, -0.15) is 5.26 Å². The minimum absolute atomic E-state index is 0.148. The van der Waals surface area contributed by atoms with Crippen LogP contribution in [0.3, 0.4) is 0 Å². The third-order valence-corrected chi connectivity index (χ3v) is 2.32. The zero-order valence-electron chi connectivity index (χ0n) is 7.92. The highest BCUT2D eigenvalue weighted by Gasteiger charge is 2.06. The molecule has 0 bridgehead atoms. The molecule has 0 aliphatic carbocycles. The van der Waals surface area contributed by atoms with Gasteiger partial charge < -0.3 is 4.57 Å². The predicted octanol–water partition coefficient (Wildman–Crippen LogP) is 0.585. The van der Waals surface area contributed by atoms with Gasteiger partial charge in [-0.05, 0) is 0 Å². The lowest BCUT2D eigenvalue weighted by atomic mass is 10.6. The second-order valence-corrected chi connectivity index (χ2v) is 3.32. The van der Waals surface area contributed by atoms with Crippen LogP contribution in [-0.2, 0) is 13.6 Å². The Bertz CT molecular complexity index is 519. The molecule has 0 aliphatic rings. The van der Waals surface area contributed by atoms with Crippen molar-refractivity contribution in [3.05, 3.63) is 29.3 Å². The molecule has 0 unspecified atom stereocenters. The molecule has 0 aromatic carbocycles. The summed E-state index contributed by atoms with van der Waals surface area (Å²) in [6.45, 7) is 0.442. The van der Waals surface area contributed by atoms with Crippen molar-refractivity contribution < 1.29 is 0 Å². The van der Waals surface area contributed by atoms with E-state index in [1.165, 1.54) is 11.0 Å². The molecule has 2 aromatic heterocycles. The molecule has 0 saturated heterocycles. The van der Waals surface area contributed by atoms with Gasteiger partial charge in [0.2, 0.25) is 0 Å². The number of hydrogen-bond donors (Lipinski definition) is 0. The van der Waals surface area contributed by atoms with Gasteiger partial charge in [0.1, 0.15) is 29.9 Å². The second kappa shape index (κ2) is 3.71. The lowest BCUT2D eigenvalue weighted by Crippen LogP contribution is -2.06. The van der Waals surface area contributed by atoms with Crippen LogP contribution < -0.4 is 0 Å². The van der Waals surface area contributed by atoms with Crippen molar-refractivity contribution in [2.75, 3.05) is 0 Å². The van der Waals surface area contributed by atoms with E-state index in [2.05, 4.69) is 15.1 Å². The van der Waals surface area contributed by atoms with Crippen LogP contribution >= 0.6 is 11.6 Å². The highest BCUT2D eigenvalue weighted by atomic mass is 35.5. The van der Waals surface area contributed by atoms with Gasteiger partial charge >= 0.3 is 0 Å². The van der Waals surface area contributed by atoms with Crippen molar-refractivity contribution in [1.82, 2.24) is 24.3 Å². The van der Waals surface area contributed by atoms with Crippen LogP contribution in [-0.4, -0.2) is 24.3 Å². The summed E-state index contributed by atoms with van der Waals surface area (Å²) < 4.78 is 3.28. The van der Waals surface area contributed by atoms with Gasteiger partial charge in [0.05, 0.1) is 6.20 Å². The van der Waals surface area contributed by atoms with Crippen molar-refractivity contribution in [3.63, 3.8) is 0 Å². The van der Waals surface area contributed by atoms with Gasteiger partial charge in [-0.15, -0.1) is 5.10 Å². The van der Waals surface area contributed by atoms with E-state index in [-0.39, 0.29) is 5.82 Å². The summed E-state index contributed by atoms with van der Waals surface area (Å²) >= 11 is 5.83. The van der Waals surface area contributed by atoms with Crippen LogP contribution in [0.15, 0.2) is 12.5 Å². The van der Waals surface area contributed by atoms with Gasteiger partial charge in [-0.3, -0.25) is 0 Å². The van der Waals surface area contributed by atoms with E-state index >= 15 is 0 Å². The van der Waals surface area contributed by atoms with Crippen molar-refractivity contribution in [1.29, 1.82) is 5.26 Å². The van der Waals surface area contributed by atoms with Crippen LogP contribution in [0.2, 0.25) is 5.15 Å². The monoisotopic (exact) mass is 222 g/mol. The standard InChI is InChI=1S/C8H7ClN6/c1-14-6(9)3-11-8(14)4-15-5-12-7(2-10)13-15/h3,5H,4H2,1H3.